The van der Waals surface area contributed by atoms with Crippen molar-refractivity contribution in [2.45, 2.75) is 4.21 Å². The first-order valence-electron chi connectivity index (χ1n) is 7.63. The molecular weight excluding hydrogens is 366 g/mol. The standard InChI is InChI=1S/C19H15N3S3/c1-23-19-14(9-16(25-19)17(20)21)18-22-15(10-24-18)13-7-6-11-4-2-3-5-12(11)8-13/h2-10H,1H3,(H3,20,21). The summed E-state index contributed by atoms with van der Waals surface area (Å²) in [7, 11) is 0. The molecule has 0 radical (unpaired) electrons. The molecule has 0 atom stereocenters. The van der Waals surface area contributed by atoms with Crippen LogP contribution in [0.25, 0.3) is 32.6 Å². The van der Waals surface area contributed by atoms with Crippen molar-refractivity contribution in [3.63, 3.8) is 0 Å². The molecule has 0 saturated heterocycles. The molecule has 124 valence electrons. The number of aromatic nitrogens is 1. The number of thioether (sulfide) groups is 1. The highest BCUT2D eigenvalue weighted by molar-refractivity contribution is 8.00. The van der Waals surface area contributed by atoms with E-state index in [0.717, 1.165) is 30.9 Å². The molecule has 0 amide bonds. The fourth-order valence-electron chi connectivity index (χ4n) is 2.69. The molecule has 0 spiro atoms. The smallest absolute Gasteiger partial charge is 0.133 e. The number of nitrogen functional groups attached to an aromatic ring is 1. The van der Waals surface area contributed by atoms with Crippen LogP contribution in [-0.4, -0.2) is 17.1 Å². The van der Waals surface area contributed by atoms with Crippen molar-refractivity contribution in [2.75, 3.05) is 6.26 Å². The molecule has 2 heterocycles. The first-order valence-corrected chi connectivity index (χ1v) is 10.5. The second-order valence-electron chi connectivity index (χ2n) is 5.53. The van der Waals surface area contributed by atoms with Crippen LogP contribution in [0.2, 0.25) is 0 Å². The van der Waals surface area contributed by atoms with E-state index in [0.29, 0.717) is 0 Å². The topological polar surface area (TPSA) is 62.8 Å². The van der Waals surface area contributed by atoms with Gasteiger partial charge in [-0.05, 0) is 29.2 Å². The van der Waals surface area contributed by atoms with E-state index in [9.17, 15) is 0 Å². The van der Waals surface area contributed by atoms with Crippen LogP contribution in [0.15, 0.2) is 58.1 Å². The van der Waals surface area contributed by atoms with Gasteiger partial charge < -0.3 is 5.73 Å². The zero-order valence-electron chi connectivity index (χ0n) is 13.4. The van der Waals surface area contributed by atoms with Gasteiger partial charge in [0.05, 0.1) is 14.8 Å². The second-order valence-corrected chi connectivity index (χ2v) is 8.51. The minimum Gasteiger partial charge on any atom is -0.383 e. The summed E-state index contributed by atoms with van der Waals surface area (Å²) in [5.41, 5.74) is 8.81. The Bertz CT molecular complexity index is 1080. The highest BCUT2D eigenvalue weighted by Gasteiger charge is 2.15. The first-order chi connectivity index (χ1) is 12.2. The van der Waals surface area contributed by atoms with E-state index in [2.05, 4.69) is 47.8 Å². The summed E-state index contributed by atoms with van der Waals surface area (Å²) in [6.45, 7) is 0. The lowest BCUT2D eigenvalue weighted by Gasteiger charge is -2.01. The van der Waals surface area contributed by atoms with Crippen molar-refractivity contribution in [3.8, 4) is 21.8 Å². The van der Waals surface area contributed by atoms with Gasteiger partial charge in [-0.25, -0.2) is 4.98 Å². The summed E-state index contributed by atoms with van der Waals surface area (Å²) < 4.78 is 1.14. The number of hydrogen-bond donors (Lipinski definition) is 2. The number of hydrogen-bond acceptors (Lipinski definition) is 5. The SMILES string of the molecule is CSc1sc(C(=N)N)cc1-c1nc(-c2ccc3ccccc3c2)cs1. The maximum absolute atomic E-state index is 7.66. The monoisotopic (exact) mass is 381 g/mol. The highest BCUT2D eigenvalue weighted by Crippen LogP contribution is 2.40. The van der Waals surface area contributed by atoms with E-state index in [1.807, 2.05) is 12.3 Å². The summed E-state index contributed by atoms with van der Waals surface area (Å²) in [6.07, 6.45) is 2.04. The number of fused-ring (bicyclic) bond motifs is 1. The van der Waals surface area contributed by atoms with Crippen molar-refractivity contribution in [2.24, 2.45) is 5.73 Å². The maximum Gasteiger partial charge on any atom is 0.133 e. The van der Waals surface area contributed by atoms with Crippen LogP contribution in [0.1, 0.15) is 4.88 Å². The molecule has 2 aromatic carbocycles. The number of thiophene rings is 1. The molecule has 25 heavy (non-hydrogen) atoms. The van der Waals surface area contributed by atoms with Crippen molar-refractivity contribution >= 4 is 51.0 Å². The average Bonchev–Trinajstić information content (AvgIpc) is 3.28. The third kappa shape index (κ3) is 3.08. The number of benzene rings is 2. The highest BCUT2D eigenvalue weighted by atomic mass is 32.2. The minimum atomic E-state index is 0.109. The Morgan fingerprint density at radius 1 is 1.12 bits per heavy atom. The predicted octanol–water partition coefficient (Wildman–Crippen LogP) is 5.70. The summed E-state index contributed by atoms with van der Waals surface area (Å²) in [5, 5.41) is 13.2. The zero-order chi connectivity index (χ0) is 17.4. The van der Waals surface area contributed by atoms with Crippen LogP contribution in [0.3, 0.4) is 0 Å². The summed E-state index contributed by atoms with van der Waals surface area (Å²) >= 11 is 4.85. The van der Waals surface area contributed by atoms with Crippen molar-refractivity contribution in [3.05, 3.63) is 58.8 Å². The van der Waals surface area contributed by atoms with E-state index in [-0.39, 0.29) is 5.84 Å². The molecule has 2 aromatic heterocycles. The van der Waals surface area contributed by atoms with Crippen LogP contribution >= 0.6 is 34.4 Å². The Morgan fingerprint density at radius 2 is 1.92 bits per heavy atom. The average molecular weight is 382 g/mol. The van der Waals surface area contributed by atoms with Gasteiger partial charge >= 0.3 is 0 Å². The molecule has 6 heteroatoms. The van der Waals surface area contributed by atoms with Gasteiger partial charge in [-0.15, -0.1) is 34.4 Å². The lowest BCUT2D eigenvalue weighted by atomic mass is 10.1. The van der Waals surface area contributed by atoms with Gasteiger partial charge in [-0.1, -0.05) is 36.4 Å². The van der Waals surface area contributed by atoms with Gasteiger partial charge in [0.2, 0.25) is 0 Å². The molecule has 0 unspecified atom stereocenters. The van der Waals surface area contributed by atoms with Crippen LogP contribution in [0.5, 0.6) is 0 Å². The van der Waals surface area contributed by atoms with E-state index >= 15 is 0 Å². The minimum absolute atomic E-state index is 0.109. The number of amidine groups is 1. The normalized spacial score (nSPS) is 11.1. The molecule has 4 aromatic rings. The molecule has 0 aliphatic heterocycles. The fraction of sp³-hybridized carbons (Fsp3) is 0.0526. The number of nitrogens with two attached hydrogens (primary N) is 1. The van der Waals surface area contributed by atoms with Crippen molar-refractivity contribution in [1.29, 1.82) is 5.41 Å². The van der Waals surface area contributed by atoms with Gasteiger partial charge in [0.15, 0.2) is 0 Å². The lowest BCUT2D eigenvalue weighted by molar-refractivity contribution is 1.40. The predicted molar refractivity (Wildman–Crippen MR) is 111 cm³/mol. The van der Waals surface area contributed by atoms with E-state index in [4.69, 9.17) is 16.1 Å². The zero-order valence-corrected chi connectivity index (χ0v) is 15.9. The first kappa shape index (κ1) is 16.3. The van der Waals surface area contributed by atoms with Crippen molar-refractivity contribution in [1.82, 2.24) is 4.98 Å². The van der Waals surface area contributed by atoms with Gasteiger partial charge in [0.25, 0.3) is 0 Å². The lowest BCUT2D eigenvalue weighted by Crippen LogP contribution is -2.08. The quantitative estimate of drug-likeness (QED) is 0.271. The molecular formula is C19H15N3S3. The molecule has 0 saturated carbocycles. The molecule has 0 aliphatic carbocycles. The van der Waals surface area contributed by atoms with Crippen LogP contribution < -0.4 is 5.73 Å². The van der Waals surface area contributed by atoms with E-state index in [1.54, 1.807) is 34.4 Å². The molecule has 3 nitrogen and oxygen atoms in total. The van der Waals surface area contributed by atoms with E-state index in [1.165, 1.54) is 10.8 Å². The number of nitrogens with zero attached hydrogens (tertiary/aromatic N) is 1. The maximum atomic E-state index is 7.66. The number of nitrogens with one attached hydrogen (secondary N) is 1. The third-order valence-corrected chi connectivity index (χ3v) is 7.11. The molecule has 0 aliphatic rings. The Kier molecular flexibility index (Phi) is 4.33. The van der Waals surface area contributed by atoms with Crippen LogP contribution in [0.4, 0.5) is 0 Å². The van der Waals surface area contributed by atoms with Crippen molar-refractivity contribution < 1.29 is 0 Å². The van der Waals surface area contributed by atoms with Crippen LogP contribution in [0, 0.1) is 5.41 Å². The Morgan fingerprint density at radius 3 is 2.68 bits per heavy atom. The number of thiazole rings is 1. The summed E-state index contributed by atoms with van der Waals surface area (Å²) in [5.74, 6) is 0.109. The van der Waals surface area contributed by atoms with Gasteiger partial charge in [0, 0.05) is 16.5 Å². The largest absolute Gasteiger partial charge is 0.383 e. The molecule has 4 rings (SSSR count). The molecule has 0 fully saturated rings. The Balaban J connectivity index is 1.75. The summed E-state index contributed by atoms with van der Waals surface area (Å²) in [6, 6.07) is 16.7. The third-order valence-electron chi connectivity index (χ3n) is 3.93. The van der Waals surface area contributed by atoms with Gasteiger partial charge in [-0.2, -0.15) is 0 Å². The molecule has 0 bridgehead atoms. The Labute approximate surface area is 158 Å². The second kappa shape index (κ2) is 6.63. The molecule has 3 N–H and O–H groups in total. The van der Waals surface area contributed by atoms with Crippen LogP contribution in [-0.2, 0) is 0 Å². The van der Waals surface area contributed by atoms with Gasteiger partial charge in [-0.3, -0.25) is 5.41 Å². The fourth-order valence-corrected chi connectivity index (χ4v) is 5.40. The number of rotatable bonds is 4. The van der Waals surface area contributed by atoms with E-state index < -0.39 is 0 Å². The Hall–Kier alpha value is -2.15. The summed E-state index contributed by atoms with van der Waals surface area (Å²) in [4.78, 5) is 5.63. The van der Waals surface area contributed by atoms with Gasteiger partial charge in [0.1, 0.15) is 10.8 Å².